The van der Waals surface area contributed by atoms with Crippen LogP contribution in [0, 0.1) is 0 Å². The Labute approximate surface area is 45.6 Å². The molecule has 0 aromatic rings. The lowest BCUT2D eigenvalue weighted by atomic mass is 10.6. The minimum absolute atomic E-state index is 1.09. The number of hydrogen-bond donors (Lipinski definition) is 0. The van der Waals surface area contributed by atoms with E-state index in [2.05, 4.69) is 25.1 Å². The molecular weight excluding hydrogens is 86.1 g/mol. The van der Waals surface area contributed by atoms with E-state index in [0.717, 1.165) is 6.54 Å². The summed E-state index contributed by atoms with van der Waals surface area (Å²) in [6.45, 7) is 5.23. The van der Waals surface area contributed by atoms with E-state index in [-0.39, 0.29) is 0 Å². The third-order valence-electron chi connectivity index (χ3n) is 0.902. The second-order valence-corrected chi connectivity index (χ2v) is 1.56. The van der Waals surface area contributed by atoms with Gasteiger partial charge in [0.2, 0.25) is 0 Å². The fourth-order valence-corrected chi connectivity index (χ4v) is 0.360. The smallest absolute Gasteiger partial charge is 0.0140 e. The molecule has 1 nitrogen and oxygen atoms in total. The summed E-state index contributed by atoms with van der Waals surface area (Å²) >= 11 is 0. The summed E-state index contributed by atoms with van der Waals surface area (Å²) in [5.74, 6) is 0. The summed E-state index contributed by atoms with van der Waals surface area (Å²) in [5.41, 5.74) is 0. The van der Waals surface area contributed by atoms with Crippen molar-refractivity contribution >= 4 is 0 Å². The maximum atomic E-state index is 2.12. The van der Waals surface area contributed by atoms with Crippen molar-refractivity contribution in [2.45, 2.75) is 13.8 Å². The van der Waals surface area contributed by atoms with Crippen LogP contribution in [0.25, 0.3) is 0 Å². The lowest BCUT2D eigenvalue weighted by molar-refractivity contribution is 0.483. The van der Waals surface area contributed by atoms with Gasteiger partial charge < -0.3 is 4.90 Å². The zero-order valence-electron chi connectivity index (χ0n) is 5.31. The Bertz CT molecular complexity index is 57.2. The highest BCUT2D eigenvalue weighted by Crippen LogP contribution is 1.79. The van der Waals surface area contributed by atoms with E-state index < -0.39 is 0 Å². The van der Waals surface area contributed by atoms with Crippen LogP contribution in [0.3, 0.4) is 0 Å². The quantitative estimate of drug-likeness (QED) is 0.506. The first-order valence-electron chi connectivity index (χ1n) is 2.64. The fourth-order valence-electron chi connectivity index (χ4n) is 0.360. The zero-order chi connectivity index (χ0) is 5.70. The van der Waals surface area contributed by atoms with Crippen LogP contribution in [0.1, 0.15) is 13.8 Å². The Morgan fingerprint density at radius 1 is 1.57 bits per heavy atom. The molecule has 42 valence electrons. The van der Waals surface area contributed by atoms with E-state index >= 15 is 0 Å². The first-order valence-corrected chi connectivity index (χ1v) is 2.64. The van der Waals surface area contributed by atoms with Crippen LogP contribution in [0.4, 0.5) is 0 Å². The minimum Gasteiger partial charge on any atom is -0.381 e. The molecule has 0 aliphatic carbocycles. The van der Waals surface area contributed by atoms with Crippen LogP contribution in [-0.4, -0.2) is 18.5 Å². The van der Waals surface area contributed by atoms with Crippen LogP contribution in [0.15, 0.2) is 12.3 Å². The monoisotopic (exact) mass is 99.1 g/mol. The van der Waals surface area contributed by atoms with Crippen molar-refractivity contribution in [1.29, 1.82) is 0 Å². The van der Waals surface area contributed by atoms with E-state index in [1.54, 1.807) is 0 Å². The fraction of sp³-hybridized carbons (Fsp3) is 0.667. The number of hydrogen-bond acceptors (Lipinski definition) is 1. The van der Waals surface area contributed by atoms with Crippen molar-refractivity contribution in [3.63, 3.8) is 0 Å². The van der Waals surface area contributed by atoms with Gasteiger partial charge in [-0.3, -0.25) is 0 Å². The van der Waals surface area contributed by atoms with Crippen molar-refractivity contribution < 1.29 is 0 Å². The van der Waals surface area contributed by atoms with Crippen LogP contribution in [0.5, 0.6) is 0 Å². The molecule has 0 heterocycles. The third kappa shape index (κ3) is 3.37. The molecule has 0 saturated carbocycles. The van der Waals surface area contributed by atoms with Gasteiger partial charge in [0.1, 0.15) is 0 Å². The van der Waals surface area contributed by atoms with Crippen LogP contribution in [-0.2, 0) is 0 Å². The van der Waals surface area contributed by atoms with Gasteiger partial charge in [-0.2, -0.15) is 0 Å². The molecule has 0 bridgehead atoms. The highest BCUT2D eigenvalue weighted by Gasteiger charge is 1.76. The molecule has 0 aromatic carbocycles. The van der Waals surface area contributed by atoms with Gasteiger partial charge >= 0.3 is 0 Å². The van der Waals surface area contributed by atoms with E-state index in [1.165, 1.54) is 0 Å². The van der Waals surface area contributed by atoms with Gasteiger partial charge in [-0.1, -0.05) is 6.08 Å². The second-order valence-electron chi connectivity index (χ2n) is 1.56. The molecule has 0 spiro atoms. The highest BCUT2D eigenvalue weighted by molar-refractivity contribution is 4.74. The maximum Gasteiger partial charge on any atom is 0.0140 e. The summed E-state index contributed by atoms with van der Waals surface area (Å²) in [6, 6.07) is 0. The normalized spacial score (nSPS) is 10.1. The molecule has 0 N–H and O–H groups in total. The van der Waals surface area contributed by atoms with Crippen molar-refractivity contribution in [2.75, 3.05) is 13.6 Å². The molecule has 0 unspecified atom stereocenters. The lowest BCUT2D eigenvalue weighted by Gasteiger charge is -2.07. The lowest BCUT2D eigenvalue weighted by Crippen LogP contribution is -2.07. The first kappa shape index (κ1) is 6.54. The van der Waals surface area contributed by atoms with Gasteiger partial charge in [0, 0.05) is 13.6 Å². The molecule has 0 amide bonds. The van der Waals surface area contributed by atoms with Crippen LogP contribution in [0.2, 0.25) is 0 Å². The summed E-state index contributed by atoms with van der Waals surface area (Å²) in [5, 5.41) is 0. The SMILES string of the molecule is C/C=C\N(C)CC. The molecule has 0 fully saturated rings. The van der Waals surface area contributed by atoms with E-state index in [9.17, 15) is 0 Å². The molecule has 0 radical (unpaired) electrons. The number of nitrogens with zero attached hydrogens (tertiary/aromatic N) is 1. The molecule has 0 aromatic heterocycles. The predicted molar refractivity (Wildman–Crippen MR) is 33.1 cm³/mol. The average molecular weight is 99.2 g/mol. The Morgan fingerprint density at radius 2 is 2.14 bits per heavy atom. The molecule has 0 rings (SSSR count). The summed E-state index contributed by atoms with van der Waals surface area (Å²) in [4.78, 5) is 2.12. The van der Waals surface area contributed by atoms with Gasteiger partial charge in [0.25, 0.3) is 0 Å². The molecule has 0 aliphatic rings. The van der Waals surface area contributed by atoms with Gasteiger partial charge in [-0.15, -0.1) is 0 Å². The summed E-state index contributed by atoms with van der Waals surface area (Å²) < 4.78 is 0. The van der Waals surface area contributed by atoms with Crippen molar-refractivity contribution in [1.82, 2.24) is 4.90 Å². The van der Waals surface area contributed by atoms with Gasteiger partial charge in [-0.05, 0) is 20.0 Å². The summed E-state index contributed by atoms with van der Waals surface area (Å²) in [6.07, 6.45) is 4.09. The number of rotatable bonds is 2. The zero-order valence-corrected chi connectivity index (χ0v) is 5.31. The average Bonchev–Trinajstić information content (AvgIpc) is 1.68. The van der Waals surface area contributed by atoms with Crippen molar-refractivity contribution in [2.24, 2.45) is 0 Å². The Balaban J connectivity index is 3.16. The van der Waals surface area contributed by atoms with E-state index in [1.807, 2.05) is 13.0 Å². The van der Waals surface area contributed by atoms with E-state index in [0.29, 0.717) is 0 Å². The molecule has 1 heteroatoms. The standard InChI is InChI=1S/C6H13N/c1-4-6-7(3)5-2/h4,6H,5H2,1-3H3/b6-4-. The Hall–Kier alpha value is -0.460. The van der Waals surface area contributed by atoms with Crippen molar-refractivity contribution in [3.05, 3.63) is 12.3 Å². The topological polar surface area (TPSA) is 3.24 Å². The van der Waals surface area contributed by atoms with Crippen LogP contribution < -0.4 is 0 Å². The van der Waals surface area contributed by atoms with Gasteiger partial charge in [0.05, 0.1) is 0 Å². The number of allylic oxidation sites excluding steroid dienone is 1. The molecular formula is C6H13N. The first-order chi connectivity index (χ1) is 3.31. The second kappa shape index (κ2) is 3.72. The molecule has 0 atom stereocenters. The van der Waals surface area contributed by atoms with E-state index in [4.69, 9.17) is 0 Å². The Morgan fingerprint density at radius 3 is 2.29 bits per heavy atom. The van der Waals surface area contributed by atoms with Gasteiger partial charge in [-0.25, -0.2) is 0 Å². The van der Waals surface area contributed by atoms with Crippen molar-refractivity contribution in [3.8, 4) is 0 Å². The minimum atomic E-state index is 1.09. The Kier molecular flexibility index (Phi) is 3.48. The molecule has 0 aliphatic heterocycles. The predicted octanol–water partition coefficient (Wildman–Crippen LogP) is 1.47. The molecule has 7 heavy (non-hydrogen) atoms. The third-order valence-corrected chi connectivity index (χ3v) is 0.902. The van der Waals surface area contributed by atoms with Crippen LogP contribution >= 0.6 is 0 Å². The van der Waals surface area contributed by atoms with Gasteiger partial charge in [0.15, 0.2) is 0 Å². The summed E-state index contributed by atoms with van der Waals surface area (Å²) in [7, 11) is 2.06. The maximum absolute atomic E-state index is 2.12. The molecule has 0 saturated heterocycles. The highest BCUT2D eigenvalue weighted by atomic mass is 15.1. The largest absolute Gasteiger partial charge is 0.381 e.